The molecule has 0 spiro atoms. The average Bonchev–Trinajstić information content (AvgIpc) is 2.91. The van der Waals surface area contributed by atoms with Crippen LogP contribution >= 0.6 is 11.6 Å². The van der Waals surface area contributed by atoms with Crippen LogP contribution in [0.3, 0.4) is 0 Å². The smallest absolute Gasteiger partial charge is 0.128 e. The fourth-order valence-electron chi connectivity index (χ4n) is 5.28. The molecule has 0 aliphatic carbocycles. The monoisotopic (exact) mass is 513 g/mol. The van der Waals surface area contributed by atoms with Gasteiger partial charge in [0.25, 0.3) is 0 Å². The second-order valence-electron chi connectivity index (χ2n) is 10.1. The lowest BCUT2D eigenvalue weighted by Crippen LogP contribution is -2.56. The predicted octanol–water partition coefficient (Wildman–Crippen LogP) is 6.80. The van der Waals surface area contributed by atoms with Crippen LogP contribution < -0.4 is 15.8 Å². The minimum atomic E-state index is 0.428. The molecule has 192 valence electrons. The highest BCUT2D eigenvalue weighted by Gasteiger charge is 2.27. The zero-order chi connectivity index (χ0) is 25.5. The van der Waals surface area contributed by atoms with E-state index in [9.17, 15) is 0 Å². The summed E-state index contributed by atoms with van der Waals surface area (Å²) in [4.78, 5) is 2.66. The predicted molar refractivity (Wildman–Crippen MR) is 155 cm³/mol. The van der Waals surface area contributed by atoms with Gasteiger partial charge in [0, 0.05) is 36.7 Å². The van der Waals surface area contributed by atoms with Crippen molar-refractivity contribution in [3.05, 3.63) is 107 Å². The van der Waals surface area contributed by atoms with Gasteiger partial charge in [0.2, 0.25) is 0 Å². The Morgan fingerprint density at radius 3 is 2.46 bits per heavy atom. The lowest BCUT2D eigenvalue weighted by molar-refractivity contribution is 0.113. The van der Waals surface area contributed by atoms with Crippen LogP contribution in [0.25, 0.3) is 10.8 Å². The maximum Gasteiger partial charge on any atom is 0.128 e. The van der Waals surface area contributed by atoms with Crippen LogP contribution in [0.5, 0.6) is 11.5 Å². The highest BCUT2D eigenvalue weighted by Crippen LogP contribution is 2.26. The summed E-state index contributed by atoms with van der Waals surface area (Å²) in [7, 11) is 0. The van der Waals surface area contributed by atoms with Crippen molar-refractivity contribution in [1.82, 2.24) is 10.2 Å². The van der Waals surface area contributed by atoms with Crippen molar-refractivity contribution in [2.75, 3.05) is 19.6 Å². The molecule has 2 unspecified atom stereocenters. The van der Waals surface area contributed by atoms with E-state index in [1.807, 2.05) is 24.3 Å². The first-order valence-corrected chi connectivity index (χ1v) is 13.7. The molecule has 0 amide bonds. The van der Waals surface area contributed by atoms with Gasteiger partial charge in [-0.3, -0.25) is 4.90 Å². The van der Waals surface area contributed by atoms with Crippen LogP contribution in [0.1, 0.15) is 30.4 Å². The van der Waals surface area contributed by atoms with Gasteiger partial charge in [0.05, 0.1) is 0 Å². The molecule has 1 saturated heterocycles. The molecule has 4 aromatic rings. The van der Waals surface area contributed by atoms with E-state index in [1.54, 1.807) is 0 Å². The second kappa shape index (κ2) is 12.6. The van der Waals surface area contributed by atoms with Gasteiger partial charge in [-0.05, 0) is 78.0 Å². The van der Waals surface area contributed by atoms with E-state index in [0.717, 1.165) is 50.5 Å². The lowest BCUT2D eigenvalue weighted by Gasteiger charge is -2.41. The van der Waals surface area contributed by atoms with Crippen molar-refractivity contribution < 1.29 is 4.74 Å². The van der Waals surface area contributed by atoms with Crippen molar-refractivity contribution in [3.63, 3.8) is 0 Å². The molecule has 4 nitrogen and oxygen atoms in total. The Kier molecular flexibility index (Phi) is 8.75. The van der Waals surface area contributed by atoms with E-state index in [-0.39, 0.29) is 0 Å². The highest BCUT2D eigenvalue weighted by atomic mass is 35.5. The summed E-state index contributed by atoms with van der Waals surface area (Å²) in [5, 5.41) is 7.13. The zero-order valence-electron chi connectivity index (χ0n) is 21.3. The third-order valence-electron chi connectivity index (χ3n) is 7.24. The summed E-state index contributed by atoms with van der Waals surface area (Å²) in [6.45, 7) is 3.74. The summed E-state index contributed by atoms with van der Waals surface area (Å²) in [5.74, 6) is 1.57. The fraction of sp³-hybridized carbons (Fsp3) is 0.312. The molecular weight excluding hydrogens is 478 g/mol. The van der Waals surface area contributed by atoms with Gasteiger partial charge in [-0.15, -0.1) is 0 Å². The Balaban J connectivity index is 1.25. The van der Waals surface area contributed by atoms with Crippen molar-refractivity contribution in [3.8, 4) is 11.5 Å². The van der Waals surface area contributed by atoms with Crippen molar-refractivity contribution in [1.29, 1.82) is 0 Å². The van der Waals surface area contributed by atoms with Crippen LogP contribution in [0.4, 0.5) is 0 Å². The Morgan fingerprint density at radius 2 is 1.65 bits per heavy atom. The molecular formula is C32H36ClN3O. The van der Waals surface area contributed by atoms with Crippen LogP contribution in [0, 0.1) is 0 Å². The van der Waals surface area contributed by atoms with Gasteiger partial charge in [-0.1, -0.05) is 78.7 Å². The van der Waals surface area contributed by atoms with Gasteiger partial charge in [-0.2, -0.15) is 0 Å². The number of hydrogen-bond acceptors (Lipinski definition) is 4. The molecule has 3 N–H and O–H groups in total. The highest BCUT2D eigenvalue weighted by molar-refractivity contribution is 6.30. The maximum atomic E-state index is 6.09. The average molecular weight is 514 g/mol. The number of rotatable bonds is 10. The maximum absolute atomic E-state index is 6.09. The quantitative estimate of drug-likeness (QED) is 0.229. The summed E-state index contributed by atoms with van der Waals surface area (Å²) >= 11 is 6.09. The first kappa shape index (κ1) is 25.7. The van der Waals surface area contributed by atoms with E-state index >= 15 is 0 Å². The van der Waals surface area contributed by atoms with Crippen LogP contribution in [-0.2, 0) is 13.0 Å². The third kappa shape index (κ3) is 7.12. The van der Waals surface area contributed by atoms with Crippen molar-refractivity contribution >= 4 is 22.4 Å². The number of halogens is 1. The largest absolute Gasteiger partial charge is 0.457 e. The molecule has 4 aromatic carbocycles. The number of nitrogens with two attached hydrogens (primary N) is 1. The Bertz CT molecular complexity index is 1290. The summed E-state index contributed by atoms with van der Waals surface area (Å²) in [6.07, 6.45) is 4.45. The van der Waals surface area contributed by atoms with E-state index in [0.29, 0.717) is 17.1 Å². The van der Waals surface area contributed by atoms with E-state index < -0.39 is 0 Å². The molecule has 1 aliphatic heterocycles. The zero-order valence-corrected chi connectivity index (χ0v) is 22.0. The summed E-state index contributed by atoms with van der Waals surface area (Å²) in [6, 6.07) is 32.4. The molecule has 0 aromatic heterocycles. The van der Waals surface area contributed by atoms with E-state index in [1.165, 1.54) is 34.7 Å². The minimum absolute atomic E-state index is 0.428. The minimum Gasteiger partial charge on any atom is -0.457 e. The van der Waals surface area contributed by atoms with Crippen LogP contribution in [0.15, 0.2) is 91.0 Å². The Labute approximate surface area is 225 Å². The topological polar surface area (TPSA) is 50.5 Å². The molecule has 0 radical (unpaired) electrons. The number of nitrogens with zero attached hydrogens (tertiary/aromatic N) is 1. The molecule has 1 heterocycles. The van der Waals surface area contributed by atoms with Gasteiger partial charge in [0.15, 0.2) is 0 Å². The SMILES string of the molecule is NCCCCC1CNC(Cc2ccc3ccccc3c2)CN1Cc1ccc(Oc2cccc(Cl)c2)cc1. The van der Waals surface area contributed by atoms with E-state index in [4.69, 9.17) is 22.1 Å². The molecule has 1 fully saturated rings. The normalized spacial score (nSPS) is 18.2. The number of nitrogens with one attached hydrogen (secondary N) is 1. The van der Waals surface area contributed by atoms with Gasteiger partial charge in [-0.25, -0.2) is 0 Å². The molecule has 5 heteroatoms. The Morgan fingerprint density at radius 1 is 0.838 bits per heavy atom. The third-order valence-corrected chi connectivity index (χ3v) is 7.48. The number of fused-ring (bicyclic) bond motifs is 1. The van der Waals surface area contributed by atoms with Crippen LogP contribution in [-0.4, -0.2) is 36.6 Å². The molecule has 2 atom stereocenters. The van der Waals surface area contributed by atoms with Gasteiger partial charge in [0.1, 0.15) is 11.5 Å². The van der Waals surface area contributed by atoms with Gasteiger partial charge >= 0.3 is 0 Å². The lowest BCUT2D eigenvalue weighted by atomic mass is 9.97. The Hall–Kier alpha value is -2.89. The van der Waals surface area contributed by atoms with Crippen molar-refractivity contribution in [2.45, 2.75) is 44.3 Å². The molecule has 0 saturated carbocycles. The number of benzene rings is 4. The number of piperazine rings is 1. The summed E-state index contributed by atoms with van der Waals surface area (Å²) in [5.41, 5.74) is 8.47. The molecule has 5 rings (SSSR count). The summed E-state index contributed by atoms with van der Waals surface area (Å²) < 4.78 is 5.98. The first-order valence-electron chi connectivity index (χ1n) is 13.3. The number of hydrogen-bond donors (Lipinski definition) is 2. The second-order valence-corrected chi connectivity index (χ2v) is 10.5. The van der Waals surface area contributed by atoms with Crippen molar-refractivity contribution in [2.24, 2.45) is 5.73 Å². The fourth-order valence-corrected chi connectivity index (χ4v) is 5.46. The molecule has 1 aliphatic rings. The molecule has 37 heavy (non-hydrogen) atoms. The molecule has 0 bridgehead atoms. The number of ether oxygens (including phenoxy) is 1. The standard InChI is InChI=1S/C32H36ClN3O/c33-28-8-5-10-32(20-28)37-31-15-12-24(13-16-31)22-36-23-29(35-21-30(36)9-3-4-17-34)19-25-11-14-26-6-1-2-7-27(26)18-25/h1-2,5-8,10-16,18,20,29-30,35H,3-4,9,17,19,21-23,34H2. The van der Waals surface area contributed by atoms with E-state index in [2.05, 4.69) is 76.9 Å². The van der Waals surface area contributed by atoms with Crippen LogP contribution in [0.2, 0.25) is 5.02 Å². The number of unbranched alkanes of at least 4 members (excludes halogenated alkanes) is 1. The first-order chi connectivity index (χ1) is 18.2. The van der Waals surface area contributed by atoms with Gasteiger partial charge < -0.3 is 15.8 Å².